The number of amides is 1. The van der Waals surface area contributed by atoms with Gasteiger partial charge in [-0.3, -0.25) is 4.79 Å². The highest BCUT2D eigenvalue weighted by molar-refractivity contribution is 7.89. The minimum atomic E-state index is -4.64. The van der Waals surface area contributed by atoms with E-state index in [4.69, 9.17) is 11.6 Å². The Bertz CT molecular complexity index is 1250. The van der Waals surface area contributed by atoms with Gasteiger partial charge in [-0.2, -0.15) is 17.5 Å². The fraction of sp³-hybridized carbons (Fsp3) is 0.250. The van der Waals surface area contributed by atoms with Gasteiger partial charge in [0.2, 0.25) is 10.0 Å². The van der Waals surface area contributed by atoms with Crippen molar-refractivity contribution in [2.24, 2.45) is 0 Å². The van der Waals surface area contributed by atoms with Crippen LogP contribution in [0, 0.1) is 0 Å². The first-order valence-electron chi connectivity index (χ1n) is 9.32. The van der Waals surface area contributed by atoms with Crippen molar-refractivity contribution < 1.29 is 26.4 Å². The number of nitrogens with zero attached hydrogens (tertiary/aromatic N) is 2. The lowest BCUT2D eigenvalue weighted by Crippen LogP contribution is -2.50. The first-order chi connectivity index (χ1) is 14.6. The number of hydrogen-bond acceptors (Lipinski definition) is 3. The highest BCUT2D eigenvalue weighted by Crippen LogP contribution is 2.32. The van der Waals surface area contributed by atoms with E-state index in [0.717, 1.165) is 22.5 Å². The molecule has 3 aromatic rings. The van der Waals surface area contributed by atoms with E-state index < -0.39 is 26.7 Å². The van der Waals surface area contributed by atoms with Crippen molar-refractivity contribution >= 4 is 38.4 Å². The van der Waals surface area contributed by atoms with E-state index in [2.05, 4.69) is 4.98 Å². The molecule has 0 saturated carbocycles. The quantitative estimate of drug-likeness (QED) is 0.628. The summed E-state index contributed by atoms with van der Waals surface area (Å²) >= 11 is 6.33. The Morgan fingerprint density at radius 2 is 1.68 bits per heavy atom. The van der Waals surface area contributed by atoms with Crippen molar-refractivity contribution in [1.82, 2.24) is 14.2 Å². The zero-order valence-corrected chi connectivity index (χ0v) is 17.6. The molecule has 2 heterocycles. The average molecular weight is 472 g/mol. The number of carbonyl (C=O) groups excluding carboxylic acids is 1. The molecule has 4 rings (SSSR count). The second kappa shape index (κ2) is 7.85. The second-order valence-electron chi connectivity index (χ2n) is 7.08. The molecule has 1 N–H and O–H groups in total. The Kier molecular flexibility index (Phi) is 5.48. The summed E-state index contributed by atoms with van der Waals surface area (Å²) in [4.78, 5) is 16.9. The van der Waals surface area contributed by atoms with Crippen LogP contribution in [0.2, 0.25) is 5.02 Å². The number of halogens is 4. The minimum absolute atomic E-state index is 0.0395. The number of sulfonamides is 1. The molecule has 1 fully saturated rings. The maximum atomic E-state index is 12.9. The molecule has 2 aromatic carbocycles. The number of carbonyl (C=O) groups is 1. The van der Waals surface area contributed by atoms with Gasteiger partial charge in [-0.15, -0.1) is 0 Å². The zero-order valence-electron chi connectivity index (χ0n) is 16.0. The van der Waals surface area contributed by atoms with E-state index in [9.17, 15) is 26.4 Å². The molecule has 0 unspecified atom stereocenters. The number of piperazine rings is 1. The van der Waals surface area contributed by atoms with Gasteiger partial charge in [0.15, 0.2) is 0 Å². The van der Waals surface area contributed by atoms with E-state index in [1.807, 2.05) is 0 Å². The molecule has 0 bridgehead atoms. The van der Waals surface area contributed by atoms with Crippen molar-refractivity contribution in [1.29, 1.82) is 0 Å². The predicted octanol–water partition coefficient (Wildman–Crippen LogP) is 3.99. The average Bonchev–Trinajstić information content (AvgIpc) is 3.09. The van der Waals surface area contributed by atoms with Gasteiger partial charge >= 0.3 is 6.18 Å². The number of alkyl halides is 3. The lowest BCUT2D eigenvalue weighted by atomic mass is 10.2. The van der Waals surface area contributed by atoms with E-state index in [-0.39, 0.29) is 37.8 Å². The summed E-state index contributed by atoms with van der Waals surface area (Å²) in [6.45, 7) is 0.0930. The Labute approximate surface area is 181 Å². The molecule has 0 radical (unpaired) electrons. The lowest BCUT2D eigenvalue weighted by molar-refractivity contribution is -0.137. The maximum absolute atomic E-state index is 12.9. The van der Waals surface area contributed by atoms with Gasteiger partial charge in [0.25, 0.3) is 5.91 Å². The number of aromatic amines is 1. The largest absolute Gasteiger partial charge is 0.416 e. The number of nitrogens with one attached hydrogen (secondary N) is 1. The monoisotopic (exact) mass is 471 g/mol. The molecule has 1 aliphatic rings. The summed E-state index contributed by atoms with van der Waals surface area (Å²) in [6.07, 6.45) is -4.64. The lowest BCUT2D eigenvalue weighted by Gasteiger charge is -2.34. The van der Waals surface area contributed by atoms with Crippen molar-refractivity contribution in [3.05, 3.63) is 64.8 Å². The van der Waals surface area contributed by atoms with Crippen LogP contribution >= 0.6 is 11.6 Å². The summed E-state index contributed by atoms with van der Waals surface area (Å²) in [5.74, 6) is -0.364. The molecule has 1 saturated heterocycles. The first kappa shape index (κ1) is 21.7. The summed E-state index contributed by atoms with van der Waals surface area (Å²) in [5.41, 5.74) is -0.102. The molecular weight excluding hydrogens is 455 g/mol. The number of benzene rings is 2. The molecular formula is C20H17ClF3N3O3S. The first-order valence-corrected chi connectivity index (χ1v) is 11.1. The number of fused-ring (bicyclic) bond motifs is 1. The molecule has 1 aliphatic heterocycles. The number of rotatable bonds is 3. The van der Waals surface area contributed by atoms with Crippen LogP contribution in [0.5, 0.6) is 0 Å². The van der Waals surface area contributed by atoms with Gasteiger partial charge in [-0.05, 0) is 24.3 Å². The van der Waals surface area contributed by atoms with Crippen LogP contribution in [0.25, 0.3) is 10.9 Å². The maximum Gasteiger partial charge on any atom is 0.416 e. The minimum Gasteiger partial charge on any atom is -0.349 e. The molecule has 31 heavy (non-hydrogen) atoms. The Hall–Kier alpha value is -2.56. The number of aromatic nitrogens is 1. The third-order valence-corrected chi connectivity index (χ3v) is 7.47. The number of hydrogen-bond donors (Lipinski definition) is 1. The van der Waals surface area contributed by atoms with Crippen LogP contribution < -0.4 is 0 Å². The fourth-order valence-corrected chi connectivity index (χ4v) is 5.29. The highest BCUT2D eigenvalue weighted by Gasteiger charge is 2.35. The number of H-pyrrole nitrogens is 1. The van der Waals surface area contributed by atoms with Crippen LogP contribution in [-0.4, -0.2) is 54.7 Å². The van der Waals surface area contributed by atoms with Gasteiger partial charge in [0, 0.05) is 37.1 Å². The van der Waals surface area contributed by atoms with Crippen LogP contribution in [-0.2, 0) is 16.2 Å². The van der Waals surface area contributed by atoms with Crippen molar-refractivity contribution in [3.8, 4) is 0 Å². The summed E-state index contributed by atoms with van der Waals surface area (Å²) < 4.78 is 65.5. The SMILES string of the molecule is O=C(c1[nH]c2ccccc2c1Cl)N1CCN(S(=O)(=O)c2cccc(C(F)(F)F)c2)CC1. The van der Waals surface area contributed by atoms with E-state index in [1.165, 1.54) is 4.90 Å². The van der Waals surface area contributed by atoms with Crippen LogP contribution in [0.4, 0.5) is 13.2 Å². The zero-order chi connectivity index (χ0) is 22.4. The summed E-state index contributed by atoms with van der Waals surface area (Å²) in [7, 11) is -4.13. The smallest absolute Gasteiger partial charge is 0.349 e. The number of para-hydroxylation sites is 1. The Morgan fingerprint density at radius 1 is 1.00 bits per heavy atom. The van der Waals surface area contributed by atoms with Crippen LogP contribution in [0.3, 0.4) is 0 Å². The Morgan fingerprint density at radius 3 is 2.32 bits per heavy atom. The van der Waals surface area contributed by atoms with Crippen LogP contribution in [0.15, 0.2) is 53.4 Å². The summed E-state index contributed by atoms with van der Waals surface area (Å²) in [5, 5.41) is 0.998. The van der Waals surface area contributed by atoms with Crippen molar-refractivity contribution in [3.63, 3.8) is 0 Å². The highest BCUT2D eigenvalue weighted by atomic mass is 35.5. The van der Waals surface area contributed by atoms with Gasteiger partial charge in [-0.1, -0.05) is 35.9 Å². The third-order valence-electron chi connectivity index (χ3n) is 5.18. The fourth-order valence-electron chi connectivity index (χ4n) is 3.53. The van der Waals surface area contributed by atoms with Gasteiger partial charge in [-0.25, -0.2) is 8.42 Å². The van der Waals surface area contributed by atoms with E-state index >= 15 is 0 Å². The van der Waals surface area contributed by atoms with Crippen molar-refractivity contribution in [2.75, 3.05) is 26.2 Å². The normalized spacial score (nSPS) is 16.1. The van der Waals surface area contributed by atoms with Gasteiger partial charge in [0.1, 0.15) is 5.69 Å². The van der Waals surface area contributed by atoms with Gasteiger partial charge < -0.3 is 9.88 Å². The molecule has 11 heteroatoms. The molecule has 1 aromatic heterocycles. The van der Waals surface area contributed by atoms with Crippen molar-refractivity contribution in [2.45, 2.75) is 11.1 Å². The topological polar surface area (TPSA) is 73.5 Å². The van der Waals surface area contributed by atoms with E-state index in [1.54, 1.807) is 24.3 Å². The van der Waals surface area contributed by atoms with Gasteiger partial charge in [0.05, 0.1) is 15.5 Å². The summed E-state index contributed by atoms with van der Waals surface area (Å²) in [6, 6.07) is 10.8. The second-order valence-corrected chi connectivity index (χ2v) is 9.40. The standard InChI is InChI=1S/C20H17ClF3N3O3S/c21-17-15-6-1-2-7-16(15)25-18(17)19(28)26-8-10-27(11-9-26)31(29,30)14-5-3-4-13(12-14)20(22,23)24/h1-7,12,25H,8-11H2. The molecule has 0 aliphatic carbocycles. The molecule has 1 amide bonds. The van der Waals surface area contributed by atoms with Crippen LogP contribution in [0.1, 0.15) is 16.1 Å². The predicted molar refractivity (Wildman–Crippen MR) is 109 cm³/mol. The molecule has 0 atom stereocenters. The Balaban J connectivity index is 1.50. The molecule has 6 nitrogen and oxygen atoms in total. The third kappa shape index (κ3) is 4.02. The molecule has 164 valence electrons. The van der Waals surface area contributed by atoms with E-state index in [0.29, 0.717) is 22.0 Å². The molecule has 0 spiro atoms.